The molecule has 106 valence electrons. The lowest BCUT2D eigenvalue weighted by Crippen LogP contribution is -2.07. The molecule has 0 unspecified atom stereocenters. The van der Waals surface area contributed by atoms with Crippen molar-refractivity contribution in [1.29, 1.82) is 0 Å². The Labute approximate surface area is 126 Å². The van der Waals surface area contributed by atoms with Gasteiger partial charge >= 0.3 is 6.18 Å². The van der Waals surface area contributed by atoms with Crippen LogP contribution in [0.25, 0.3) is 0 Å². The number of alkyl halides is 3. The van der Waals surface area contributed by atoms with Crippen molar-refractivity contribution in [3.05, 3.63) is 51.5 Å². The summed E-state index contributed by atoms with van der Waals surface area (Å²) in [5.74, 6) is 0. The molecule has 20 heavy (non-hydrogen) atoms. The second-order valence-electron chi connectivity index (χ2n) is 4.02. The largest absolute Gasteiger partial charge is 0.417 e. The summed E-state index contributed by atoms with van der Waals surface area (Å²) in [4.78, 5) is 0. The molecule has 0 aromatic heterocycles. The van der Waals surface area contributed by atoms with E-state index in [4.69, 9.17) is 17.3 Å². The van der Waals surface area contributed by atoms with E-state index in [9.17, 15) is 13.2 Å². The maximum absolute atomic E-state index is 12.8. The van der Waals surface area contributed by atoms with Crippen molar-refractivity contribution < 1.29 is 13.2 Å². The summed E-state index contributed by atoms with van der Waals surface area (Å²) in [6.07, 6.45) is -4.43. The highest BCUT2D eigenvalue weighted by atomic mass is 79.9. The molecule has 3 N–H and O–H groups in total. The number of halogens is 5. The van der Waals surface area contributed by atoms with Crippen molar-refractivity contribution in [2.45, 2.75) is 6.18 Å². The van der Waals surface area contributed by atoms with Gasteiger partial charge in [-0.25, -0.2) is 0 Å². The lowest BCUT2D eigenvalue weighted by atomic mass is 10.2. The van der Waals surface area contributed by atoms with Crippen LogP contribution in [0.1, 0.15) is 5.56 Å². The van der Waals surface area contributed by atoms with E-state index in [1.807, 2.05) is 0 Å². The molecule has 0 fully saturated rings. The van der Waals surface area contributed by atoms with E-state index in [1.54, 1.807) is 18.2 Å². The van der Waals surface area contributed by atoms with Crippen LogP contribution < -0.4 is 11.1 Å². The monoisotopic (exact) mass is 364 g/mol. The van der Waals surface area contributed by atoms with Crippen LogP contribution in [0, 0.1) is 0 Å². The molecule has 0 aliphatic carbocycles. The van der Waals surface area contributed by atoms with E-state index in [2.05, 4.69) is 21.2 Å². The number of benzene rings is 2. The van der Waals surface area contributed by atoms with Gasteiger partial charge in [0, 0.05) is 10.2 Å². The van der Waals surface area contributed by atoms with Crippen LogP contribution >= 0.6 is 27.5 Å². The van der Waals surface area contributed by atoms with Crippen LogP contribution in [0.4, 0.5) is 30.2 Å². The van der Waals surface area contributed by atoms with Gasteiger partial charge in [0.1, 0.15) is 0 Å². The van der Waals surface area contributed by atoms with Crippen molar-refractivity contribution in [3.8, 4) is 0 Å². The van der Waals surface area contributed by atoms with Crippen LogP contribution in [0.15, 0.2) is 40.9 Å². The first-order chi connectivity index (χ1) is 9.29. The highest BCUT2D eigenvalue weighted by molar-refractivity contribution is 9.10. The summed E-state index contributed by atoms with van der Waals surface area (Å²) in [6.45, 7) is 0. The molecule has 2 nitrogen and oxygen atoms in total. The molecule has 2 aromatic rings. The molecule has 0 saturated carbocycles. The number of nitrogens with one attached hydrogen (secondary N) is 1. The molecule has 0 aliphatic heterocycles. The van der Waals surface area contributed by atoms with Crippen molar-refractivity contribution in [3.63, 3.8) is 0 Å². The van der Waals surface area contributed by atoms with Crippen LogP contribution in [0.3, 0.4) is 0 Å². The van der Waals surface area contributed by atoms with Crippen LogP contribution in [0.5, 0.6) is 0 Å². The Hall–Kier alpha value is -1.40. The van der Waals surface area contributed by atoms with E-state index in [0.29, 0.717) is 10.7 Å². The molecule has 2 aromatic carbocycles. The molecule has 0 amide bonds. The molecular weight excluding hydrogens is 357 g/mol. The molecule has 0 saturated heterocycles. The first-order valence-electron chi connectivity index (χ1n) is 5.47. The molecular formula is C13H9BrClF3N2. The fraction of sp³-hybridized carbons (Fsp3) is 0.0769. The number of anilines is 3. The summed E-state index contributed by atoms with van der Waals surface area (Å²) >= 11 is 8.74. The SMILES string of the molecule is Nc1c(Cl)cccc1Nc1ccc(Br)c(C(F)(F)F)c1. The minimum absolute atomic E-state index is 0.0189. The van der Waals surface area contributed by atoms with E-state index in [1.165, 1.54) is 12.1 Å². The molecule has 7 heteroatoms. The van der Waals surface area contributed by atoms with Gasteiger partial charge in [0.25, 0.3) is 0 Å². The third-order valence-electron chi connectivity index (χ3n) is 2.60. The number of rotatable bonds is 2. The Morgan fingerprint density at radius 2 is 1.85 bits per heavy atom. The topological polar surface area (TPSA) is 38.0 Å². The molecule has 0 spiro atoms. The predicted octanol–water partition coefficient (Wildman–Crippen LogP) is 5.45. The van der Waals surface area contributed by atoms with Gasteiger partial charge in [-0.15, -0.1) is 0 Å². The van der Waals surface area contributed by atoms with Gasteiger partial charge in [-0.1, -0.05) is 33.6 Å². The Bertz CT molecular complexity index is 644. The molecule has 0 bridgehead atoms. The van der Waals surface area contributed by atoms with E-state index >= 15 is 0 Å². The van der Waals surface area contributed by atoms with Gasteiger partial charge in [0.05, 0.1) is 22.0 Å². The number of para-hydroxylation sites is 1. The lowest BCUT2D eigenvalue weighted by molar-refractivity contribution is -0.138. The molecule has 0 aliphatic rings. The summed E-state index contributed by atoms with van der Waals surface area (Å²) in [7, 11) is 0. The molecule has 0 heterocycles. The van der Waals surface area contributed by atoms with Gasteiger partial charge in [-0.05, 0) is 30.3 Å². The standard InChI is InChI=1S/C13H9BrClF3N2/c14-9-5-4-7(6-8(9)13(16,17)18)20-11-3-1-2-10(15)12(11)19/h1-6,20H,19H2. The van der Waals surface area contributed by atoms with Crippen molar-refractivity contribution in [1.82, 2.24) is 0 Å². The average Bonchev–Trinajstić information content (AvgIpc) is 2.36. The Balaban J connectivity index is 2.38. The number of nitrogens with two attached hydrogens (primary N) is 1. The van der Waals surface area contributed by atoms with E-state index < -0.39 is 11.7 Å². The minimum Gasteiger partial charge on any atom is -0.396 e. The third kappa shape index (κ3) is 3.19. The van der Waals surface area contributed by atoms with Crippen LogP contribution in [-0.4, -0.2) is 0 Å². The highest BCUT2D eigenvalue weighted by Gasteiger charge is 2.33. The molecule has 2 rings (SSSR count). The number of nitrogen functional groups attached to an aromatic ring is 1. The van der Waals surface area contributed by atoms with Gasteiger partial charge in [-0.3, -0.25) is 0 Å². The number of hydrogen-bond donors (Lipinski definition) is 2. The summed E-state index contributed by atoms with van der Waals surface area (Å²) in [6, 6.07) is 8.74. The summed E-state index contributed by atoms with van der Waals surface area (Å²) in [5.41, 5.74) is 6.00. The van der Waals surface area contributed by atoms with Crippen LogP contribution in [0.2, 0.25) is 5.02 Å². The Morgan fingerprint density at radius 3 is 2.50 bits per heavy atom. The maximum Gasteiger partial charge on any atom is 0.417 e. The smallest absolute Gasteiger partial charge is 0.396 e. The third-order valence-corrected chi connectivity index (χ3v) is 3.62. The number of hydrogen-bond acceptors (Lipinski definition) is 2. The maximum atomic E-state index is 12.8. The van der Waals surface area contributed by atoms with Gasteiger partial charge < -0.3 is 11.1 Å². The fourth-order valence-corrected chi connectivity index (χ4v) is 2.27. The van der Waals surface area contributed by atoms with Crippen molar-refractivity contribution in [2.75, 3.05) is 11.1 Å². The van der Waals surface area contributed by atoms with Crippen LogP contribution in [-0.2, 0) is 6.18 Å². The van der Waals surface area contributed by atoms with Gasteiger partial charge in [0.2, 0.25) is 0 Å². The van der Waals surface area contributed by atoms with Gasteiger partial charge in [-0.2, -0.15) is 13.2 Å². The first kappa shape index (κ1) is 15.0. The predicted molar refractivity (Wildman–Crippen MR) is 78.3 cm³/mol. The zero-order chi connectivity index (χ0) is 14.9. The quantitative estimate of drug-likeness (QED) is 0.695. The zero-order valence-electron chi connectivity index (χ0n) is 9.93. The Kier molecular flexibility index (Phi) is 4.15. The minimum atomic E-state index is -4.43. The Morgan fingerprint density at radius 1 is 1.15 bits per heavy atom. The zero-order valence-corrected chi connectivity index (χ0v) is 12.3. The second-order valence-corrected chi connectivity index (χ2v) is 5.28. The second kappa shape index (κ2) is 5.54. The molecule has 0 atom stereocenters. The summed E-state index contributed by atoms with van der Waals surface area (Å²) in [5, 5.41) is 3.16. The molecule has 0 radical (unpaired) electrons. The summed E-state index contributed by atoms with van der Waals surface area (Å²) < 4.78 is 38.4. The van der Waals surface area contributed by atoms with Gasteiger partial charge in [0.15, 0.2) is 0 Å². The average molecular weight is 366 g/mol. The van der Waals surface area contributed by atoms with Crippen molar-refractivity contribution in [2.24, 2.45) is 0 Å². The van der Waals surface area contributed by atoms with E-state index in [-0.39, 0.29) is 15.8 Å². The normalized spacial score (nSPS) is 11.4. The highest BCUT2D eigenvalue weighted by Crippen LogP contribution is 2.37. The lowest BCUT2D eigenvalue weighted by Gasteiger charge is -2.14. The fourth-order valence-electron chi connectivity index (χ4n) is 1.62. The first-order valence-corrected chi connectivity index (χ1v) is 6.64. The van der Waals surface area contributed by atoms with E-state index in [0.717, 1.165) is 6.07 Å². The van der Waals surface area contributed by atoms with Crippen molar-refractivity contribution >= 4 is 44.6 Å².